The van der Waals surface area contributed by atoms with E-state index in [0.29, 0.717) is 6.42 Å². The van der Waals surface area contributed by atoms with Gasteiger partial charge in [-0.1, -0.05) is 6.07 Å². The number of hydroxylamine groups is 2. The molecule has 122 valence electrons. The molecule has 0 saturated carbocycles. The molecule has 7 nitrogen and oxygen atoms in total. The molecule has 0 aromatic carbocycles. The fraction of sp³-hybridized carbons (Fsp3) is 0.533. The number of alkyl carbamates (subject to hydrolysis) is 1. The maximum Gasteiger partial charge on any atom is 0.408 e. The van der Waals surface area contributed by atoms with Crippen LogP contribution in [-0.2, 0) is 20.8 Å². The van der Waals surface area contributed by atoms with Gasteiger partial charge in [-0.15, -0.1) is 0 Å². The highest BCUT2D eigenvalue weighted by Gasteiger charge is 2.27. The molecule has 0 spiro atoms. The average Bonchev–Trinajstić information content (AvgIpc) is 2.44. The Morgan fingerprint density at radius 1 is 1.41 bits per heavy atom. The lowest BCUT2D eigenvalue weighted by atomic mass is 10.1. The van der Waals surface area contributed by atoms with Crippen molar-refractivity contribution >= 4 is 12.0 Å². The number of rotatable bonds is 5. The van der Waals surface area contributed by atoms with Crippen molar-refractivity contribution in [2.24, 2.45) is 0 Å². The third-order valence-corrected chi connectivity index (χ3v) is 2.74. The molecule has 1 aromatic heterocycles. The summed E-state index contributed by atoms with van der Waals surface area (Å²) in [7, 11) is 2.86. The monoisotopic (exact) mass is 309 g/mol. The summed E-state index contributed by atoms with van der Waals surface area (Å²) in [6.45, 7) is 5.27. The van der Waals surface area contributed by atoms with Gasteiger partial charge in [-0.2, -0.15) is 0 Å². The van der Waals surface area contributed by atoms with E-state index < -0.39 is 17.7 Å². The Kier molecular flexibility index (Phi) is 6.30. The Balaban J connectivity index is 2.82. The van der Waals surface area contributed by atoms with Gasteiger partial charge in [0.15, 0.2) is 0 Å². The lowest BCUT2D eigenvalue weighted by Gasteiger charge is -2.25. The number of hydrogen-bond donors (Lipinski definition) is 1. The summed E-state index contributed by atoms with van der Waals surface area (Å²) in [6, 6.07) is 2.80. The Labute approximate surface area is 130 Å². The lowest BCUT2D eigenvalue weighted by molar-refractivity contribution is -0.171. The van der Waals surface area contributed by atoms with Gasteiger partial charge >= 0.3 is 6.09 Å². The first-order chi connectivity index (χ1) is 10.2. The SMILES string of the molecule is CON(C)C(=O)C(Cc1cccnc1)NC(=O)OC(C)(C)C. The molecular formula is C15H23N3O4. The molecule has 0 radical (unpaired) electrons. The van der Waals surface area contributed by atoms with Gasteiger partial charge in [0.2, 0.25) is 0 Å². The van der Waals surface area contributed by atoms with Gasteiger partial charge in [0.1, 0.15) is 11.6 Å². The molecule has 0 aliphatic rings. The third-order valence-electron chi connectivity index (χ3n) is 2.74. The van der Waals surface area contributed by atoms with E-state index >= 15 is 0 Å². The molecule has 1 N–H and O–H groups in total. The maximum atomic E-state index is 12.3. The van der Waals surface area contributed by atoms with Crippen molar-refractivity contribution < 1.29 is 19.2 Å². The van der Waals surface area contributed by atoms with Crippen molar-refractivity contribution in [3.63, 3.8) is 0 Å². The number of nitrogens with one attached hydrogen (secondary N) is 1. The number of ether oxygens (including phenoxy) is 1. The van der Waals surface area contributed by atoms with Gasteiger partial charge in [0, 0.05) is 25.9 Å². The molecule has 1 aromatic rings. The number of carbonyl (C=O) groups is 2. The van der Waals surface area contributed by atoms with Crippen LogP contribution in [0.25, 0.3) is 0 Å². The second-order valence-electron chi connectivity index (χ2n) is 5.78. The van der Waals surface area contributed by atoms with Gasteiger partial charge < -0.3 is 10.1 Å². The second kappa shape index (κ2) is 7.74. The molecule has 2 amide bonds. The van der Waals surface area contributed by atoms with Crippen LogP contribution in [0.15, 0.2) is 24.5 Å². The van der Waals surface area contributed by atoms with Crippen molar-refractivity contribution in [1.29, 1.82) is 0 Å². The first kappa shape index (κ1) is 17.9. The van der Waals surface area contributed by atoms with E-state index in [1.165, 1.54) is 14.2 Å². The first-order valence-electron chi connectivity index (χ1n) is 6.93. The Morgan fingerprint density at radius 2 is 2.09 bits per heavy atom. The van der Waals surface area contributed by atoms with Crippen LogP contribution in [0.1, 0.15) is 26.3 Å². The zero-order valence-corrected chi connectivity index (χ0v) is 13.6. The van der Waals surface area contributed by atoms with Crippen molar-refractivity contribution in [2.75, 3.05) is 14.2 Å². The fourth-order valence-electron chi connectivity index (χ4n) is 1.71. The minimum absolute atomic E-state index is 0.291. The fourth-order valence-corrected chi connectivity index (χ4v) is 1.71. The number of hydrogen-bond acceptors (Lipinski definition) is 5. The van der Waals surface area contributed by atoms with Gasteiger partial charge in [-0.05, 0) is 32.4 Å². The van der Waals surface area contributed by atoms with Crippen LogP contribution in [0.2, 0.25) is 0 Å². The van der Waals surface area contributed by atoms with E-state index in [4.69, 9.17) is 9.57 Å². The van der Waals surface area contributed by atoms with Gasteiger partial charge in [0.05, 0.1) is 7.11 Å². The number of amides is 2. The second-order valence-corrected chi connectivity index (χ2v) is 5.78. The maximum absolute atomic E-state index is 12.3. The summed E-state index contributed by atoms with van der Waals surface area (Å²) in [4.78, 5) is 33.1. The highest BCUT2D eigenvalue weighted by molar-refractivity contribution is 5.85. The normalized spacial score (nSPS) is 12.4. The van der Waals surface area contributed by atoms with Crippen LogP contribution in [0, 0.1) is 0 Å². The molecule has 0 fully saturated rings. The molecule has 0 aliphatic heterocycles. The van der Waals surface area contributed by atoms with E-state index in [9.17, 15) is 9.59 Å². The summed E-state index contributed by atoms with van der Waals surface area (Å²) in [5, 5.41) is 3.64. The predicted molar refractivity (Wildman–Crippen MR) is 80.9 cm³/mol. The van der Waals surface area contributed by atoms with E-state index in [1.807, 2.05) is 6.07 Å². The smallest absolute Gasteiger partial charge is 0.408 e. The summed E-state index contributed by atoms with van der Waals surface area (Å²) < 4.78 is 5.19. The van der Waals surface area contributed by atoms with Crippen LogP contribution in [-0.4, -0.2) is 47.8 Å². The number of likely N-dealkylation sites (N-methyl/N-ethyl adjacent to an activating group) is 1. The molecule has 1 unspecified atom stereocenters. The van der Waals surface area contributed by atoms with Crippen molar-refractivity contribution in [3.8, 4) is 0 Å². The minimum Gasteiger partial charge on any atom is -0.444 e. The van der Waals surface area contributed by atoms with Crippen molar-refractivity contribution in [3.05, 3.63) is 30.1 Å². The molecule has 7 heteroatoms. The summed E-state index contributed by atoms with van der Waals surface area (Å²) in [6.07, 6.45) is 2.92. The molecule has 1 atom stereocenters. The average molecular weight is 309 g/mol. The van der Waals surface area contributed by atoms with E-state index in [1.54, 1.807) is 39.2 Å². The van der Waals surface area contributed by atoms with Gasteiger partial charge in [-0.25, -0.2) is 9.86 Å². The number of pyridine rings is 1. The van der Waals surface area contributed by atoms with E-state index in [0.717, 1.165) is 10.6 Å². The molecule has 22 heavy (non-hydrogen) atoms. The van der Waals surface area contributed by atoms with Crippen LogP contribution < -0.4 is 5.32 Å². The number of carbonyl (C=O) groups excluding carboxylic acids is 2. The van der Waals surface area contributed by atoms with Crippen LogP contribution in [0.5, 0.6) is 0 Å². The van der Waals surface area contributed by atoms with Crippen LogP contribution in [0.4, 0.5) is 4.79 Å². The zero-order chi connectivity index (χ0) is 16.8. The summed E-state index contributed by atoms with van der Waals surface area (Å²) in [5.41, 5.74) is 0.181. The molecular weight excluding hydrogens is 286 g/mol. The van der Waals surface area contributed by atoms with E-state index in [2.05, 4.69) is 10.3 Å². The zero-order valence-electron chi connectivity index (χ0n) is 13.6. The molecule has 1 rings (SSSR count). The topological polar surface area (TPSA) is 80.8 Å². The lowest BCUT2D eigenvalue weighted by Crippen LogP contribution is -2.49. The molecule has 0 aliphatic carbocycles. The van der Waals surface area contributed by atoms with Crippen LogP contribution in [0.3, 0.4) is 0 Å². The number of nitrogens with zero attached hydrogens (tertiary/aromatic N) is 2. The highest BCUT2D eigenvalue weighted by atomic mass is 16.7. The largest absolute Gasteiger partial charge is 0.444 e. The van der Waals surface area contributed by atoms with Gasteiger partial charge in [0.25, 0.3) is 5.91 Å². The Hall–Kier alpha value is -2.15. The van der Waals surface area contributed by atoms with Crippen molar-refractivity contribution in [1.82, 2.24) is 15.4 Å². The summed E-state index contributed by atoms with van der Waals surface area (Å²) in [5.74, 6) is -0.378. The molecule has 1 heterocycles. The quantitative estimate of drug-likeness (QED) is 0.834. The highest BCUT2D eigenvalue weighted by Crippen LogP contribution is 2.09. The molecule has 0 saturated heterocycles. The first-order valence-corrected chi connectivity index (χ1v) is 6.93. The third kappa shape index (κ3) is 6.09. The Bertz CT molecular complexity index is 499. The minimum atomic E-state index is -0.802. The summed E-state index contributed by atoms with van der Waals surface area (Å²) >= 11 is 0. The standard InChI is InChI=1S/C15H23N3O4/c1-15(2,3)22-14(20)17-12(13(19)18(4)21-5)9-11-7-6-8-16-10-11/h6-8,10,12H,9H2,1-5H3,(H,17,20). The molecule has 0 bridgehead atoms. The Morgan fingerprint density at radius 3 is 2.59 bits per heavy atom. The van der Waals surface area contributed by atoms with Crippen molar-refractivity contribution in [2.45, 2.75) is 38.8 Å². The number of aromatic nitrogens is 1. The van der Waals surface area contributed by atoms with Gasteiger partial charge in [-0.3, -0.25) is 14.6 Å². The predicted octanol–water partition coefficient (Wildman–Crippen LogP) is 1.54. The van der Waals surface area contributed by atoms with Crippen LogP contribution >= 0.6 is 0 Å². The van der Waals surface area contributed by atoms with E-state index in [-0.39, 0.29) is 5.91 Å².